The normalized spacial score (nSPS) is 21.3. The predicted octanol–water partition coefficient (Wildman–Crippen LogP) is 1.91. The lowest BCUT2D eigenvalue weighted by molar-refractivity contribution is 0.138. The molecule has 1 aliphatic heterocycles. The molecule has 0 spiro atoms. The lowest BCUT2D eigenvalue weighted by Crippen LogP contribution is -2.17. The molecule has 0 bridgehead atoms. The molecule has 0 aromatic carbocycles. The minimum absolute atomic E-state index is 0.294. The van der Waals surface area contributed by atoms with E-state index in [2.05, 4.69) is 23.4 Å². The summed E-state index contributed by atoms with van der Waals surface area (Å²) >= 11 is 0. The first-order valence-corrected chi connectivity index (χ1v) is 5.41. The zero-order valence-corrected chi connectivity index (χ0v) is 8.90. The molecule has 1 atom stereocenters. The molecule has 1 aromatic heterocycles. The lowest BCUT2D eigenvalue weighted by atomic mass is 10.1. The van der Waals surface area contributed by atoms with Crippen LogP contribution in [0.15, 0.2) is 6.20 Å². The highest BCUT2D eigenvalue weighted by Gasteiger charge is 2.21. The van der Waals surface area contributed by atoms with Gasteiger partial charge in [-0.3, -0.25) is 0 Å². The van der Waals surface area contributed by atoms with Crippen molar-refractivity contribution < 1.29 is 5.11 Å². The smallest absolute Gasteiger partial charge is 0.109 e. The molecule has 3 heteroatoms. The number of nitrogens with zero attached hydrogens (tertiary/aromatic N) is 2. The topological polar surface area (TPSA) is 38.0 Å². The van der Waals surface area contributed by atoms with Crippen LogP contribution in [0, 0.1) is 5.92 Å². The van der Waals surface area contributed by atoms with E-state index in [9.17, 15) is 5.11 Å². The first-order chi connectivity index (χ1) is 6.68. The fourth-order valence-corrected chi connectivity index (χ4v) is 2.07. The summed E-state index contributed by atoms with van der Waals surface area (Å²) < 4.78 is 2.19. The summed E-state index contributed by atoms with van der Waals surface area (Å²) in [7, 11) is 0. The van der Waals surface area contributed by atoms with Gasteiger partial charge in [0.05, 0.1) is 18.0 Å². The van der Waals surface area contributed by atoms with E-state index >= 15 is 0 Å². The van der Waals surface area contributed by atoms with Gasteiger partial charge in [0.1, 0.15) is 5.82 Å². The number of rotatable bonds is 2. The van der Waals surface area contributed by atoms with Crippen LogP contribution in [-0.2, 0) is 13.0 Å². The van der Waals surface area contributed by atoms with Gasteiger partial charge in [0.2, 0.25) is 0 Å². The third kappa shape index (κ3) is 1.69. The van der Waals surface area contributed by atoms with Crippen LogP contribution >= 0.6 is 0 Å². The summed E-state index contributed by atoms with van der Waals surface area (Å²) in [6.45, 7) is 5.41. The van der Waals surface area contributed by atoms with Gasteiger partial charge in [-0.25, -0.2) is 4.98 Å². The summed E-state index contributed by atoms with van der Waals surface area (Å²) in [5.41, 5.74) is 1.01. The van der Waals surface area contributed by atoms with E-state index in [1.54, 1.807) is 0 Å². The molecule has 1 aliphatic rings. The molecule has 78 valence electrons. The van der Waals surface area contributed by atoms with Crippen molar-refractivity contribution in [3.05, 3.63) is 17.7 Å². The molecule has 0 fully saturated rings. The average Bonchev–Trinajstić information content (AvgIpc) is 2.49. The maximum absolute atomic E-state index is 9.75. The van der Waals surface area contributed by atoms with Crippen molar-refractivity contribution in [1.82, 2.24) is 9.55 Å². The molecule has 0 radical (unpaired) electrons. The molecule has 1 unspecified atom stereocenters. The maximum Gasteiger partial charge on any atom is 0.109 e. The Bertz CT molecular complexity index is 317. The summed E-state index contributed by atoms with van der Waals surface area (Å²) in [6, 6.07) is 0. The fraction of sp³-hybridized carbons (Fsp3) is 0.727. The highest BCUT2D eigenvalue weighted by atomic mass is 16.3. The van der Waals surface area contributed by atoms with Crippen LogP contribution in [0.4, 0.5) is 0 Å². The molecule has 0 saturated carbocycles. The van der Waals surface area contributed by atoms with Crippen LogP contribution in [0.2, 0.25) is 0 Å². The number of aromatic nitrogens is 2. The molecule has 1 aromatic rings. The van der Waals surface area contributed by atoms with Gasteiger partial charge in [-0.15, -0.1) is 0 Å². The first kappa shape index (κ1) is 9.71. The van der Waals surface area contributed by atoms with Gasteiger partial charge >= 0.3 is 0 Å². The molecule has 0 aliphatic carbocycles. The number of hydrogen-bond acceptors (Lipinski definition) is 2. The molecular weight excluding hydrogens is 176 g/mol. The van der Waals surface area contributed by atoms with Crippen LogP contribution in [0.5, 0.6) is 0 Å². The fourth-order valence-electron chi connectivity index (χ4n) is 2.07. The molecule has 0 amide bonds. The largest absolute Gasteiger partial charge is 0.387 e. The Hall–Kier alpha value is -0.830. The predicted molar refractivity (Wildman–Crippen MR) is 55.0 cm³/mol. The quantitative estimate of drug-likeness (QED) is 0.781. The SMILES string of the molecule is CC(C)Cc1ncc2n1CCCC2O. The van der Waals surface area contributed by atoms with Crippen molar-refractivity contribution in [2.24, 2.45) is 5.92 Å². The van der Waals surface area contributed by atoms with Gasteiger partial charge in [-0.05, 0) is 18.8 Å². The minimum atomic E-state index is -0.294. The van der Waals surface area contributed by atoms with E-state index in [-0.39, 0.29) is 6.10 Å². The van der Waals surface area contributed by atoms with E-state index in [1.807, 2.05) is 6.20 Å². The number of aliphatic hydroxyl groups is 1. The van der Waals surface area contributed by atoms with Crippen molar-refractivity contribution in [3.8, 4) is 0 Å². The summed E-state index contributed by atoms with van der Waals surface area (Å²) in [5.74, 6) is 1.76. The third-order valence-electron chi connectivity index (χ3n) is 2.76. The molecule has 3 nitrogen and oxygen atoms in total. The number of imidazole rings is 1. The first-order valence-electron chi connectivity index (χ1n) is 5.41. The van der Waals surface area contributed by atoms with Gasteiger partial charge < -0.3 is 9.67 Å². The summed E-state index contributed by atoms with van der Waals surface area (Å²) in [5, 5.41) is 9.75. The van der Waals surface area contributed by atoms with Gasteiger partial charge in [-0.1, -0.05) is 13.8 Å². The lowest BCUT2D eigenvalue weighted by Gasteiger charge is -2.21. The number of fused-ring (bicyclic) bond motifs is 1. The Balaban J connectivity index is 2.26. The zero-order valence-electron chi connectivity index (χ0n) is 8.90. The van der Waals surface area contributed by atoms with Crippen molar-refractivity contribution in [1.29, 1.82) is 0 Å². The molecule has 1 N–H and O–H groups in total. The highest BCUT2D eigenvalue weighted by Crippen LogP contribution is 2.26. The van der Waals surface area contributed by atoms with Crippen molar-refractivity contribution >= 4 is 0 Å². The number of aliphatic hydroxyl groups excluding tert-OH is 1. The van der Waals surface area contributed by atoms with Crippen LogP contribution in [-0.4, -0.2) is 14.7 Å². The third-order valence-corrected chi connectivity index (χ3v) is 2.76. The standard InChI is InChI=1S/C11H18N2O/c1-8(2)6-11-12-7-9-10(14)4-3-5-13(9)11/h7-8,10,14H,3-6H2,1-2H3. The van der Waals surface area contributed by atoms with Crippen LogP contribution in [0.1, 0.15) is 44.3 Å². The second-order valence-electron chi connectivity index (χ2n) is 4.51. The molecule has 0 saturated heterocycles. The van der Waals surface area contributed by atoms with E-state index in [0.29, 0.717) is 5.92 Å². The van der Waals surface area contributed by atoms with E-state index < -0.39 is 0 Å². The zero-order chi connectivity index (χ0) is 10.1. The molecule has 14 heavy (non-hydrogen) atoms. The van der Waals surface area contributed by atoms with Crippen LogP contribution in [0.3, 0.4) is 0 Å². The van der Waals surface area contributed by atoms with Gasteiger partial charge in [0.15, 0.2) is 0 Å². The Morgan fingerprint density at radius 1 is 1.64 bits per heavy atom. The summed E-state index contributed by atoms with van der Waals surface area (Å²) in [4.78, 5) is 4.39. The molecule has 2 heterocycles. The highest BCUT2D eigenvalue weighted by molar-refractivity contribution is 5.11. The van der Waals surface area contributed by atoms with Crippen LogP contribution in [0.25, 0.3) is 0 Å². The van der Waals surface area contributed by atoms with E-state index in [4.69, 9.17) is 0 Å². The van der Waals surface area contributed by atoms with Crippen molar-refractivity contribution in [2.75, 3.05) is 0 Å². The van der Waals surface area contributed by atoms with Gasteiger partial charge in [0.25, 0.3) is 0 Å². The maximum atomic E-state index is 9.75. The second-order valence-corrected chi connectivity index (χ2v) is 4.51. The summed E-state index contributed by atoms with van der Waals surface area (Å²) in [6.07, 6.45) is 4.49. The Labute approximate surface area is 84.8 Å². The Kier molecular flexibility index (Phi) is 2.59. The van der Waals surface area contributed by atoms with E-state index in [0.717, 1.165) is 37.3 Å². The average molecular weight is 194 g/mol. The molecule has 2 rings (SSSR count). The van der Waals surface area contributed by atoms with Gasteiger partial charge in [0, 0.05) is 13.0 Å². The van der Waals surface area contributed by atoms with E-state index in [1.165, 1.54) is 0 Å². The van der Waals surface area contributed by atoms with Crippen molar-refractivity contribution in [3.63, 3.8) is 0 Å². The van der Waals surface area contributed by atoms with Gasteiger partial charge in [-0.2, -0.15) is 0 Å². The Morgan fingerprint density at radius 2 is 2.43 bits per heavy atom. The monoisotopic (exact) mass is 194 g/mol. The molecular formula is C11H18N2O. The van der Waals surface area contributed by atoms with Crippen LogP contribution < -0.4 is 0 Å². The van der Waals surface area contributed by atoms with Crippen molar-refractivity contribution in [2.45, 2.75) is 45.8 Å². The number of hydrogen-bond donors (Lipinski definition) is 1. The minimum Gasteiger partial charge on any atom is -0.387 e. The Morgan fingerprint density at radius 3 is 3.14 bits per heavy atom. The second kappa shape index (κ2) is 3.73.